The summed E-state index contributed by atoms with van der Waals surface area (Å²) in [4.78, 5) is 51.3. The monoisotopic (exact) mass is 535 g/mol. The van der Waals surface area contributed by atoms with E-state index < -0.39 is 24.1 Å². The van der Waals surface area contributed by atoms with Crippen molar-refractivity contribution < 1.29 is 24.3 Å². The molecule has 6 N–H and O–H groups in total. The number of aliphatic hydroxyl groups is 1. The highest BCUT2D eigenvalue weighted by atomic mass is 16.3. The zero-order valence-electron chi connectivity index (χ0n) is 23.8. The van der Waals surface area contributed by atoms with Gasteiger partial charge in [-0.3, -0.25) is 19.2 Å². The average molecular weight is 536 g/mol. The predicted molar refractivity (Wildman–Crippen MR) is 150 cm³/mol. The van der Waals surface area contributed by atoms with Crippen LogP contribution < -0.4 is 16.8 Å². The Kier molecular flexibility index (Phi) is 18.5. The number of hydrogen-bond donors (Lipinski definition) is 4. The molecule has 2 unspecified atom stereocenters. The lowest BCUT2D eigenvalue weighted by molar-refractivity contribution is -0.140. The summed E-state index contributed by atoms with van der Waals surface area (Å²) < 4.78 is 0. The molecular formula is C28H49N5O5. The summed E-state index contributed by atoms with van der Waals surface area (Å²) in [6.45, 7) is 11.7. The van der Waals surface area contributed by atoms with E-state index in [1.165, 1.54) is 6.92 Å². The van der Waals surface area contributed by atoms with Gasteiger partial charge >= 0.3 is 0 Å². The minimum atomic E-state index is -1.13. The number of amides is 4. The van der Waals surface area contributed by atoms with Crippen molar-refractivity contribution in [2.24, 2.45) is 11.5 Å². The van der Waals surface area contributed by atoms with Crippen molar-refractivity contribution in [3.63, 3.8) is 0 Å². The SMILES string of the molecule is CC.CCCN.Cc1cccc(CN(CCCCC(=O)NC(C(N)=O)[C@@H](C)O)C(=O)C2CCCN2C=O)c1. The van der Waals surface area contributed by atoms with Crippen LogP contribution in [0.5, 0.6) is 0 Å². The van der Waals surface area contributed by atoms with Gasteiger partial charge in [0.2, 0.25) is 24.1 Å². The quantitative estimate of drug-likeness (QED) is 0.223. The number of hydrogen-bond acceptors (Lipinski definition) is 6. The van der Waals surface area contributed by atoms with Gasteiger partial charge in [-0.15, -0.1) is 0 Å². The molecule has 1 aliphatic rings. The zero-order valence-corrected chi connectivity index (χ0v) is 23.8. The molecule has 1 fully saturated rings. The first kappa shape index (κ1) is 35.0. The van der Waals surface area contributed by atoms with Gasteiger partial charge in [-0.1, -0.05) is 50.6 Å². The van der Waals surface area contributed by atoms with Gasteiger partial charge in [0.05, 0.1) is 6.10 Å². The highest BCUT2D eigenvalue weighted by Gasteiger charge is 2.33. The summed E-state index contributed by atoms with van der Waals surface area (Å²) in [5, 5.41) is 12.0. The summed E-state index contributed by atoms with van der Waals surface area (Å²) >= 11 is 0. The number of nitrogens with zero attached hydrogens (tertiary/aromatic N) is 2. The number of primary amides is 1. The van der Waals surface area contributed by atoms with Crippen molar-refractivity contribution in [2.75, 3.05) is 19.6 Å². The number of carbonyl (C=O) groups excluding carboxylic acids is 4. The summed E-state index contributed by atoms with van der Waals surface area (Å²) in [5.74, 6) is -1.25. The number of unbranched alkanes of at least 4 members (excludes halogenated alkanes) is 1. The van der Waals surface area contributed by atoms with Gasteiger partial charge in [-0.25, -0.2) is 0 Å². The third-order valence-corrected chi connectivity index (χ3v) is 5.96. The van der Waals surface area contributed by atoms with Gasteiger partial charge in [0, 0.05) is 26.1 Å². The molecule has 3 atom stereocenters. The van der Waals surface area contributed by atoms with E-state index in [1.807, 2.05) is 45.0 Å². The fourth-order valence-corrected chi connectivity index (χ4v) is 3.95. The Balaban J connectivity index is 0.00000208. The number of carbonyl (C=O) groups is 4. The van der Waals surface area contributed by atoms with Gasteiger partial charge in [-0.2, -0.15) is 0 Å². The Morgan fingerprint density at radius 2 is 1.92 bits per heavy atom. The Morgan fingerprint density at radius 3 is 2.45 bits per heavy atom. The van der Waals surface area contributed by atoms with Crippen LogP contribution in [0, 0.1) is 6.92 Å². The molecule has 4 amide bonds. The zero-order chi connectivity index (χ0) is 29.1. The van der Waals surface area contributed by atoms with Gasteiger partial charge in [0.1, 0.15) is 12.1 Å². The second kappa shape index (κ2) is 20.0. The molecule has 0 saturated carbocycles. The number of aliphatic hydroxyl groups excluding tert-OH is 1. The predicted octanol–water partition coefficient (Wildman–Crippen LogP) is 1.85. The molecule has 10 nitrogen and oxygen atoms in total. The molecular weight excluding hydrogens is 486 g/mol. The highest BCUT2D eigenvalue weighted by molar-refractivity contribution is 5.87. The fourth-order valence-electron chi connectivity index (χ4n) is 3.95. The molecule has 0 spiro atoms. The number of benzene rings is 1. The number of rotatable bonds is 13. The Labute approximate surface area is 228 Å². The van der Waals surface area contributed by atoms with Gasteiger partial charge < -0.3 is 31.7 Å². The first-order valence-corrected chi connectivity index (χ1v) is 13.7. The molecule has 1 aromatic carbocycles. The smallest absolute Gasteiger partial charge is 0.245 e. The van der Waals surface area contributed by atoms with Crippen LogP contribution in [-0.2, 0) is 25.7 Å². The van der Waals surface area contributed by atoms with Crippen LogP contribution in [0.15, 0.2) is 24.3 Å². The number of nitrogens with one attached hydrogen (secondary N) is 1. The third-order valence-electron chi connectivity index (χ3n) is 5.96. The third kappa shape index (κ3) is 13.0. The van der Waals surface area contributed by atoms with E-state index in [-0.39, 0.29) is 18.2 Å². The van der Waals surface area contributed by atoms with E-state index >= 15 is 0 Å². The normalized spacial score (nSPS) is 15.7. The van der Waals surface area contributed by atoms with Crippen molar-refractivity contribution in [3.8, 4) is 0 Å². The Bertz CT molecular complexity index is 847. The molecule has 1 aliphatic heterocycles. The van der Waals surface area contributed by atoms with Crippen LogP contribution >= 0.6 is 0 Å². The topological polar surface area (TPSA) is 159 Å². The highest BCUT2D eigenvalue weighted by Crippen LogP contribution is 2.20. The second-order valence-corrected chi connectivity index (χ2v) is 9.18. The van der Waals surface area contributed by atoms with E-state index in [0.717, 1.165) is 36.9 Å². The van der Waals surface area contributed by atoms with Crippen LogP contribution in [0.2, 0.25) is 0 Å². The maximum absolute atomic E-state index is 13.2. The molecule has 38 heavy (non-hydrogen) atoms. The molecule has 0 radical (unpaired) electrons. The van der Waals surface area contributed by atoms with E-state index in [4.69, 9.17) is 11.5 Å². The lowest BCUT2D eigenvalue weighted by atomic mass is 10.1. The van der Waals surface area contributed by atoms with Crippen LogP contribution in [0.1, 0.15) is 77.3 Å². The molecule has 0 bridgehead atoms. The van der Waals surface area contributed by atoms with Crippen LogP contribution in [0.25, 0.3) is 0 Å². The van der Waals surface area contributed by atoms with Crippen molar-refractivity contribution >= 4 is 24.1 Å². The standard InChI is InChI=1S/C23H34N4O5.C3H9N.C2H6/c1-16-7-5-8-18(13-16)14-26(23(32)19-9-6-12-27(19)15-28)11-4-3-10-20(30)25-21(17(2)29)22(24)31;1-2-3-4;1-2/h5,7-8,13,15,17,19,21,29H,3-4,6,9-12,14H2,1-2H3,(H2,24,31)(H,25,30);2-4H2,1H3;1-2H3/t17-,19?,21?;;/m1../s1. The van der Waals surface area contributed by atoms with Gasteiger partial charge in [-0.05, 0) is 58.1 Å². The minimum absolute atomic E-state index is 0.0801. The lowest BCUT2D eigenvalue weighted by Gasteiger charge is -2.29. The van der Waals surface area contributed by atoms with Crippen molar-refractivity contribution in [3.05, 3.63) is 35.4 Å². The van der Waals surface area contributed by atoms with Gasteiger partial charge in [0.15, 0.2) is 0 Å². The Morgan fingerprint density at radius 1 is 1.26 bits per heavy atom. The van der Waals surface area contributed by atoms with Crippen molar-refractivity contribution in [2.45, 2.75) is 97.9 Å². The van der Waals surface area contributed by atoms with E-state index in [0.29, 0.717) is 38.9 Å². The van der Waals surface area contributed by atoms with E-state index in [1.54, 1.807) is 9.80 Å². The number of likely N-dealkylation sites (tertiary alicyclic amines) is 1. The van der Waals surface area contributed by atoms with Crippen LogP contribution in [0.3, 0.4) is 0 Å². The summed E-state index contributed by atoms with van der Waals surface area (Å²) in [6, 6.07) is 6.36. The molecule has 0 aromatic heterocycles. The molecule has 1 aromatic rings. The maximum Gasteiger partial charge on any atom is 0.245 e. The average Bonchev–Trinajstić information content (AvgIpc) is 3.38. The molecule has 0 aliphatic carbocycles. The first-order valence-electron chi connectivity index (χ1n) is 13.7. The summed E-state index contributed by atoms with van der Waals surface area (Å²) in [7, 11) is 0. The Hall–Kier alpha value is -2.98. The van der Waals surface area contributed by atoms with Crippen molar-refractivity contribution in [1.82, 2.24) is 15.1 Å². The second-order valence-electron chi connectivity index (χ2n) is 9.18. The minimum Gasteiger partial charge on any atom is -0.391 e. The molecule has 2 rings (SSSR count). The largest absolute Gasteiger partial charge is 0.391 e. The molecule has 216 valence electrons. The van der Waals surface area contributed by atoms with Crippen LogP contribution in [0.4, 0.5) is 0 Å². The number of aryl methyl sites for hydroxylation is 1. The van der Waals surface area contributed by atoms with E-state index in [9.17, 15) is 24.3 Å². The molecule has 10 heteroatoms. The van der Waals surface area contributed by atoms with E-state index in [2.05, 4.69) is 12.2 Å². The molecule has 1 heterocycles. The lowest BCUT2D eigenvalue weighted by Crippen LogP contribution is -2.50. The van der Waals surface area contributed by atoms with Gasteiger partial charge in [0.25, 0.3) is 0 Å². The maximum atomic E-state index is 13.2. The first-order chi connectivity index (χ1) is 18.1. The molecule has 1 saturated heterocycles. The fraction of sp³-hybridized carbons (Fsp3) is 0.643. The summed E-state index contributed by atoms with van der Waals surface area (Å²) in [5.41, 5.74) is 12.3. The van der Waals surface area contributed by atoms with Crippen molar-refractivity contribution in [1.29, 1.82) is 0 Å². The summed E-state index contributed by atoms with van der Waals surface area (Å²) in [6.07, 6.45) is 3.43. The number of nitrogens with two attached hydrogens (primary N) is 2. The van der Waals surface area contributed by atoms with Crippen LogP contribution in [-0.4, -0.2) is 76.9 Å².